The molecule has 4 nitrogen and oxygen atoms in total. The Hall–Kier alpha value is -2.83. The number of hydrogen-bond acceptors (Lipinski definition) is 2. The van der Waals surface area contributed by atoms with Crippen LogP contribution >= 0.6 is 0 Å². The number of rotatable bonds is 6. The van der Waals surface area contributed by atoms with E-state index < -0.39 is 35.5 Å². The largest absolute Gasteiger partial charge is 0.481 e. The van der Waals surface area contributed by atoms with Gasteiger partial charge in [-0.2, -0.15) is 13.2 Å². The van der Waals surface area contributed by atoms with Crippen molar-refractivity contribution in [2.24, 2.45) is 11.8 Å². The van der Waals surface area contributed by atoms with Crippen LogP contribution in [-0.4, -0.2) is 17.0 Å². The summed E-state index contributed by atoms with van der Waals surface area (Å²) in [6, 6.07) is 9.96. The SMILES string of the molecule is Cc1cc(C)cc(C[C@@H](C(=O)Nc2cccc(C(F)(F)F)c2)[C@@H](C)C(=O)O)c1. The summed E-state index contributed by atoms with van der Waals surface area (Å²) in [6.45, 7) is 5.21. The Kier molecular flexibility index (Phi) is 6.48. The Balaban J connectivity index is 2.28. The number of carboxylic acids is 1. The minimum atomic E-state index is -4.53. The van der Waals surface area contributed by atoms with E-state index in [4.69, 9.17) is 0 Å². The molecular formula is C21H22F3NO3. The maximum Gasteiger partial charge on any atom is 0.416 e. The monoisotopic (exact) mass is 393 g/mol. The van der Waals surface area contributed by atoms with Crippen molar-refractivity contribution in [3.63, 3.8) is 0 Å². The van der Waals surface area contributed by atoms with Crippen LogP contribution < -0.4 is 5.32 Å². The number of halogens is 3. The zero-order chi connectivity index (χ0) is 21.1. The van der Waals surface area contributed by atoms with Gasteiger partial charge in [-0.25, -0.2) is 0 Å². The van der Waals surface area contributed by atoms with Gasteiger partial charge in [0.1, 0.15) is 0 Å². The molecule has 7 heteroatoms. The molecule has 0 unspecified atom stereocenters. The van der Waals surface area contributed by atoms with E-state index in [-0.39, 0.29) is 12.1 Å². The summed E-state index contributed by atoms with van der Waals surface area (Å²) in [7, 11) is 0. The van der Waals surface area contributed by atoms with Gasteiger partial charge >= 0.3 is 12.1 Å². The van der Waals surface area contributed by atoms with Crippen molar-refractivity contribution in [2.45, 2.75) is 33.4 Å². The summed E-state index contributed by atoms with van der Waals surface area (Å²) in [5, 5.41) is 11.8. The van der Waals surface area contributed by atoms with Crippen LogP contribution in [0.25, 0.3) is 0 Å². The third-order valence-electron chi connectivity index (χ3n) is 4.52. The molecule has 0 radical (unpaired) electrons. The van der Waals surface area contributed by atoms with Crippen molar-refractivity contribution in [1.82, 2.24) is 0 Å². The Morgan fingerprint density at radius 2 is 1.68 bits per heavy atom. The van der Waals surface area contributed by atoms with Crippen LogP contribution in [0.5, 0.6) is 0 Å². The van der Waals surface area contributed by atoms with Gasteiger partial charge in [0.2, 0.25) is 5.91 Å². The second-order valence-corrected chi connectivity index (χ2v) is 7.00. The van der Waals surface area contributed by atoms with Crippen LogP contribution in [0.4, 0.5) is 18.9 Å². The molecule has 150 valence electrons. The zero-order valence-electron chi connectivity index (χ0n) is 15.8. The van der Waals surface area contributed by atoms with Gasteiger partial charge in [-0.15, -0.1) is 0 Å². The molecule has 2 aromatic rings. The molecule has 0 aliphatic carbocycles. The number of carbonyl (C=O) groups excluding carboxylic acids is 1. The molecule has 2 atom stereocenters. The van der Waals surface area contributed by atoms with E-state index in [9.17, 15) is 27.9 Å². The highest BCUT2D eigenvalue weighted by molar-refractivity contribution is 5.95. The quantitative estimate of drug-likeness (QED) is 0.738. The summed E-state index contributed by atoms with van der Waals surface area (Å²) < 4.78 is 38.6. The van der Waals surface area contributed by atoms with Crippen LogP contribution in [0.3, 0.4) is 0 Å². The highest BCUT2D eigenvalue weighted by atomic mass is 19.4. The first-order chi connectivity index (χ1) is 13.0. The highest BCUT2D eigenvalue weighted by Gasteiger charge is 2.32. The van der Waals surface area contributed by atoms with Crippen LogP contribution in [0, 0.1) is 25.7 Å². The fourth-order valence-corrected chi connectivity index (χ4v) is 3.12. The molecule has 0 heterocycles. The number of aliphatic carboxylic acids is 1. The van der Waals surface area contributed by atoms with Crippen molar-refractivity contribution >= 4 is 17.6 Å². The number of amides is 1. The summed E-state index contributed by atoms with van der Waals surface area (Å²) in [6.07, 6.45) is -4.37. The molecule has 0 saturated heterocycles. The Morgan fingerprint density at radius 1 is 1.07 bits per heavy atom. The molecule has 0 aliphatic rings. The number of carbonyl (C=O) groups is 2. The van der Waals surface area contributed by atoms with E-state index in [1.165, 1.54) is 19.1 Å². The van der Waals surface area contributed by atoms with Gasteiger partial charge in [0.25, 0.3) is 0 Å². The van der Waals surface area contributed by atoms with E-state index in [1.54, 1.807) is 0 Å². The smallest absolute Gasteiger partial charge is 0.416 e. The Morgan fingerprint density at radius 3 is 2.21 bits per heavy atom. The normalized spacial score (nSPS) is 13.6. The molecule has 2 N–H and O–H groups in total. The third kappa shape index (κ3) is 5.58. The molecule has 0 aromatic heterocycles. The number of aryl methyl sites for hydroxylation is 2. The summed E-state index contributed by atoms with van der Waals surface area (Å²) >= 11 is 0. The molecule has 2 rings (SSSR count). The number of benzene rings is 2. The average molecular weight is 393 g/mol. The highest BCUT2D eigenvalue weighted by Crippen LogP contribution is 2.31. The number of nitrogens with one attached hydrogen (secondary N) is 1. The first kappa shape index (κ1) is 21.5. The summed E-state index contributed by atoms with van der Waals surface area (Å²) in [5.41, 5.74) is 1.85. The number of carboxylic acid groups (broad SMARTS) is 1. The number of hydrogen-bond donors (Lipinski definition) is 2. The predicted molar refractivity (Wildman–Crippen MR) is 100.0 cm³/mol. The van der Waals surface area contributed by atoms with E-state index in [2.05, 4.69) is 5.32 Å². The average Bonchev–Trinajstić information content (AvgIpc) is 2.57. The molecule has 0 aliphatic heterocycles. The van der Waals surface area contributed by atoms with Gasteiger partial charge in [0.15, 0.2) is 0 Å². The second-order valence-electron chi connectivity index (χ2n) is 7.00. The van der Waals surface area contributed by atoms with E-state index in [1.807, 2.05) is 32.0 Å². The van der Waals surface area contributed by atoms with Crippen molar-refractivity contribution < 1.29 is 27.9 Å². The van der Waals surface area contributed by atoms with Crippen molar-refractivity contribution in [1.29, 1.82) is 0 Å². The standard InChI is InChI=1S/C21H22F3NO3/c1-12-7-13(2)9-15(8-12)10-18(14(3)20(27)28)19(26)25-17-6-4-5-16(11-17)21(22,23)24/h4-9,11,14,18H,10H2,1-3H3,(H,25,26)(H,27,28)/t14-,18-/m1/s1. The summed E-state index contributed by atoms with van der Waals surface area (Å²) in [4.78, 5) is 24.2. The third-order valence-corrected chi connectivity index (χ3v) is 4.52. The Labute approximate surface area is 161 Å². The lowest BCUT2D eigenvalue weighted by Gasteiger charge is -2.21. The van der Waals surface area contributed by atoms with Crippen molar-refractivity contribution in [3.05, 3.63) is 64.7 Å². The second kappa shape index (κ2) is 8.46. The van der Waals surface area contributed by atoms with E-state index >= 15 is 0 Å². The molecule has 1 amide bonds. The van der Waals surface area contributed by atoms with Crippen LogP contribution in [0.2, 0.25) is 0 Å². The number of anilines is 1. The molecule has 0 fully saturated rings. The van der Waals surface area contributed by atoms with Crippen LogP contribution in [0.1, 0.15) is 29.2 Å². The zero-order valence-corrected chi connectivity index (χ0v) is 15.8. The van der Waals surface area contributed by atoms with E-state index in [0.29, 0.717) is 0 Å². The molecular weight excluding hydrogens is 371 g/mol. The predicted octanol–water partition coefficient (Wildman–Crippen LogP) is 4.84. The van der Waals surface area contributed by atoms with Crippen molar-refractivity contribution in [3.8, 4) is 0 Å². The fraction of sp³-hybridized carbons (Fsp3) is 0.333. The summed E-state index contributed by atoms with van der Waals surface area (Å²) in [5.74, 6) is -3.72. The first-order valence-corrected chi connectivity index (χ1v) is 8.75. The lowest BCUT2D eigenvalue weighted by molar-refractivity contribution is -0.145. The van der Waals surface area contributed by atoms with Crippen molar-refractivity contribution in [2.75, 3.05) is 5.32 Å². The lowest BCUT2D eigenvalue weighted by atomic mass is 9.86. The van der Waals surface area contributed by atoms with Gasteiger partial charge in [-0.1, -0.05) is 42.3 Å². The van der Waals surface area contributed by atoms with Gasteiger partial charge in [-0.3, -0.25) is 9.59 Å². The minimum absolute atomic E-state index is 0.0252. The topological polar surface area (TPSA) is 66.4 Å². The first-order valence-electron chi connectivity index (χ1n) is 8.75. The molecule has 0 bridgehead atoms. The van der Waals surface area contributed by atoms with E-state index in [0.717, 1.165) is 28.8 Å². The van der Waals surface area contributed by atoms with Crippen LogP contribution in [0.15, 0.2) is 42.5 Å². The molecule has 2 aromatic carbocycles. The lowest BCUT2D eigenvalue weighted by Crippen LogP contribution is -2.34. The Bertz CT molecular complexity index is 857. The fourth-order valence-electron chi connectivity index (χ4n) is 3.12. The maximum atomic E-state index is 12.9. The van der Waals surface area contributed by atoms with Gasteiger partial charge in [0.05, 0.1) is 17.4 Å². The van der Waals surface area contributed by atoms with Gasteiger partial charge in [0, 0.05) is 5.69 Å². The van der Waals surface area contributed by atoms with Crippen LogP contribution in [-0.2, 0) is 22.2 Å². The molecule has 0 saturated carbocycles. The molecule has 0 spiro atoms. The maximum absolute atomic E-state index is 12.9. The molecule has 28 heavy (non-hydrogen) atoms. The number of alkyl halides is 3. The van der Waals surface area contributed by atoms with Gasteiger partial charge in [-0.05, 0) is 44.0 Å². The minimum Gasteiger partial charge on any atom is -0.481 e. The van der Waals surface area contributed by atoms with Gasteiger partial charge < -0.3 is 10.4 Å².